The lowest BCUT2D eigenvalue weighted by Crippen LogP contribution is -2.09. The van der Waals surface area contributed by atoms with E-state index in [0.717, 1.165) is 17.3 Å². The first-order chi connectivity index (χ1) is 7.86. The van der Waals surface area contributed by atoms with Gasteiger partial charge in [-0.25, -0.2) is 0 Å². The van der Waals surface area contributed by atoms with Crippen LogP contribution in [-0.2, 0) is 17.9 Å². The van der Waals surface area contributed by atoms with Crippen LogP contribution < -0.4 is 5.73 Å². The van der Waals surface area contributed by atoms with Crippen molar-refractivity contribution in [2.45, 2.75) is 13.2 Å². The molecule has 0 aliphatic rings. The van der Waals surface area contributed by atoms with Gasteiger partial charge in [0, 0.05) is 12.8 Å². The number of rotatable bonds is 4. The summed E-state index contributed by atoms with van der Waals surface area (Å²) >= 11 is 0. The Bertz CT molecular complexity index is 452. The van der Waals surface area contributed by atoms with Crippen LogP contribution in [0.1, 0.15) is 11.6 Å². The number of hydrogen-bond acceptors (Lipinski definition) is 4. The highest BCUT2D eigenvalue weighted by Crippen LogP contribution is 2.13. The van der Waals surface area contributed by atoms with Crippen molar-refractivity contribution < 1.29 is 4.74 Å². The zero-order chi connectivity index (χ0) is 11.4. The van der Waals surface area contributed by atoms with Crippen LogP contribution in [0.2, 0.25) is 0 Å². The van der Waals surface area contributed by atoms with Crippen LogP contribution >= 0.6 is 0 Å². The predicted octanol–water partition coefficient (Wildman–Crippen LogP) is 0.872. The average Bonchev–Trinajstić information content (AvgIpc) is 2.74. The lowest BCUT2D eigenvalue weighted by atomic mass is 10.3. The van der Waals surface area contributed by atoms with Gasteiger partial charge in [0.2, 0.25) is 0 Å². The third-order valence-electron chi connectivity index (χ3n) is 2.27. The van der Waals surface area contributed by atoms with Crippen molar-refractivity contribution in [2.75, 3.05) is 7.11 Å². The molecule has 0 bridgehead atoms. The van der Waals surface area contributed by atoms with Crippen molar-refractivity contribution in [3.63, 3.8) is 0 Å². The van der Waals surface area contributed by atoms with E-state index >= 15 is 0 Å². The molecule has 1 heterocycles. The summed E-state index contributed by atoms with van der Waals surface area (Å²) in [6.07, 6.45) is 0. The summed E-state index contributed by atoms with van der Waals surface area (Å²) in [4.78, 5) is 0. The third kappa shape index (κ3) is 1.95. The first kappa shape index (κ1) is 10.8. The van der Waals surface area contributed by atoms with Gasteiger partial charge >= 0.3 is 0 Å². The molecule has 0 aliphatic carbocycles. The molecule has 0 unspecified atom stereocenters. The fourth-order valence-electron chi connectivity index (χ4n) is 1.58. The highest BCUT2D eigenvalue weighted by molar-refractivity contribution is 5.33. The Morgan fingerprint density at radius 3 is 2.50 bits per heavy atom. The van der Waals surface area contributed by atoms with E-state index in [0.29, 0.717) is 13.2 Å². The molecule has 0 fully saturated rings. The smallest absolute Gasteiger partial charge is 0.163 e. The molecule has 5 heteroatoms. The molecule has 2 N–H and O–H groups in total. The molecule has 0 spiro atoms. The zero-order valence-electron chi connectivity index (χ0n) is 9.13. The number of hydrogen-bond donors (Lipinski definition) is 1. The summed E-state index contributed by atoms with van der Waals surface area (Å²) in [6.45, 7) is 0.771. The number of ether oxygens (including phenoxy) is 1. The number of methoxy groups -OCH3 is 1. The van der Waals surface area contributed by atoms with Crippen molar-refractivity contribution in [1.82, 2.24) is 14.8 Å². The summed E-state index contributed by atoms with van der Waals surface area (Å²) in [5.41, 5.74) is 6.63. The Morgan fingerprint density at radius 2 is 1.88 bits per heavy atom. The molecular formula is C11H14N4O. The Kier molecular flexibility index (Phi) is 3.28. The molecule has 2 rings (SSSR count). The van der Waals surface area contributed by atoms with Gasteiger partial charge in [0.25, 0.3) is 0 Å². The fourth-order valence-corrected chi connectivity index (χ4v) is 1.58. The highest BCUT2D eigenvalue weighted by atomic mass is 16.5. The summed E-state index contributed by atoms with van der Waals surface area (Å²) in [5, 5.41) is 8.10. The second-order valence-electron chi connectivity index (χ2n) is 3.34. The van der Waals surface area contributed by atoms with E-state index in [4.69, 9.17) is 10.5 Å². The quantitative estimate of drug-likeness (QED) is 0.827. The first-order valence-electron chi connectivity index (χ1n) is 5.04. The molecule has 16 heavy (non-hydrogen) atoms. The van der Waals surface area contributed by atoms with Gasteiger partial charge in [-0.15, -0.1) is 10.2 Å². The molecular weight excluding hydrogens is 204 g/mol. The predicted molar refractivity (Wildman–Crippen MR) is 60.0 cm³/mol. The Morgan fingerprint density at radius 1 is 1.19 bits per heavy atom. The Balaban J connectivity index is 2.48. The number of para-hydroxylation sites is 1. The molecule has 84 valence electrons. The monoisotopic (exact) mass is 218 g/mol. The topological polar surface area (TPSA) is 66.0 Å². The van der Waals surface area contributed by atoms with Crippen LogP contribution in [0.25, 0.3) is 5.69 Å². The minimum Gasteiger partial charge on any atom is -0.377 e. The minimum absolute atomic E-state index is 0.353. The zero-order valence-corrected chi connectivity index (χ0v) is 9.13. The maximum absolute atomic E-state index is 5.63. The molecule has 0 saturated heterocycles. The average molecular weight is 218 g/mol. The lowest BCUT2D eigenvalue weighted by Gasteiger charge is -2.08. The van der Waals surface area contributed by atoms with Gasteiger partial charge in [0.15, 0.2) is 11.6 Å². The van der Waals surface area contributed by atoms with Crippen LogP contribution in [0.5, 0.6) is 0 Å². The molecule has 0 atom stereocenters. The van der Waals surface area contributed by atoms with Gasteiger partial charge in [0.05, 0.1) is 6.54 Å². The molecule has 0 aliphatic heterocycles. The lowest BCUT2D eigenvalue weighted by molar-refractivity contribution is 0.176. The number of benzene rings is 1. The van der Waals surface area contributed by atoms with Crippen LogP contribution in [0.3, 0.4) is 0 Å². The SMILES string of the molecule is COCc1nnc(CN)n1-c1ccccc1. The Labute approximate surface area is 93.9 Å². The molecule has 0 radical (unpaired) electrons. The second kappa shape index (κ2) is 4.87. The largest absolute Gasteiger partial charge is 0.377 e. The van der Waals surface area contributed by atoms with E-state index < -0.39 is 0 Å². The van der Waals surface area contributed by atoms with E-state index in [-0.39, 0.29) is 0 Å². The number of aromatic nitrogens is 3. The fraction of sp³-hybridized carbons (Fsp3) is 0.273. The van der Waals surface area contributed by atoms with Crippen molar-refractivity contribution in [2.24, 2.45) is 5.73 Å². The van der Waals surface area contributed by atoms with Crippen molar-refractivity contribution >= 4 is 0 Å². The molecule has 0 saturated carbocycles. The van der Waals surface area contributed by atoms with Gasteiger partial charge < -0.3 is 10.5 Å². The van der Waals surface area contributed by atoms with E-state index in [1.54, 1.807) is 7.11 Å². The molecule has 5 nitrogen and oxygen atoms in total. The van der Waals surface area contributed by atoms with Crippen LogP contribution in [-0.4, -0.2) is 21.9 Å². The summed E-state index contributed by atoms with van der Waals surface area (Å²) < 4.78 is 7.00. The van der Waals surface area contributed by atoms with Gasteiger partial charge in [-0.2, -0.15) is 0 Å². The molecule has 2 aromatic rings. The van der Waals surface area contributed by atoms with Gasteiger partial charge in [-0.1, -0.05) is 18.2 Å². The van der Waals surface area contributed by atoms with E-state index in [2.05, 4.69) is 10.2 Å². The van der Waals surface area contributed by atoms with Gasteiger partial charge in [-0.3, -0.25) is 4.57 Å². The summed E-state index contributed by atoms with van der Waals surface area (Å²) in [7, 11) is 1.63. The van der Waals surface area contributed by atoms with Crippen molar-refractivity contribution in [3.8, 4) is 5.69 Å². The first-order valence-corrected chi connectivity index (χ1v) is 5.04. The van der Waals surface area contributed by atoms with Crippen LogP contribution in [0.4, 0.5) is 0 Å². The standard InChI is InChI=1S/C11H14N4O/c1-16-8-11-14-13-10(7-12)15(11)9-5-3-2-4-6-9/h2-6H,7-8,12H2,1H3. The van der Waals surface area contributed by atoms with Gasteiger partial charge in [0.1, 0.15) is 6.61 Å². The normalized spacial score (nSPS) is 10.6. The molecule has 0 amide bonds. The second-order valence-corrected chi connectivity index (χ2v) is 3.34. The number of nitrogens with zero attached hydrogens (tertiary/aromatic N) is 3. The molecule has 1 aromatic carbocycles. The molecule has 1 aromatic heterocycles. The summed E-state index contributed by atoms with van der Waals surface area (Å²) in [6, 6.07) is 9.87. The third-order valence-corrected chi connectivity index (χ3v) is 2.27. The maximum Gasteiger partial charge on any atom is 0.163 e. The van der Waals surface area contributed by atoms with E-state index in [1.807, 2.05) is 34.9 Å². The van der Waals surface area contributed by atoms with E-state index in [1.165, 1.54) is 0 Å². The maximum atomic E-state index is 5.63. The van der Waals surface area contributed by atoms with E-state index in [9.17, 15) is 0 Å². The van der Waals surface area contributed by atoms with Gasteiger partial charge in [-0.05, 0) is 12.1 Å². The highest BCUT2D eigenvalue weighted by Gasteiger charge is 2.11. The number of nitrogens with two attached hydrogens (primary N) is 1. The minimum atomic E-state index is 0.353. The van der Waals surface area contributed by atoms with Crippen molar-refractivity contribution in [3.05, 3.63) is 42.0 Å². The van der Waals surface area contributed by atoms with Crippen molar-refractivity contribution in [1.29, 1.82) is 0 Å². The Hall–Kier alpha value is -1.72. The van der Waals surface area contributed by atoms with Crippen LogP contribution in [0, 0.1) is 0 Å². The summed E-state index contributed by atoms with van der Waals surface area (Å²) in [5.74, 6) is 1.49. The van der Waals surface area contributed by atoms with Crippen LogP contribution in [0.15, 0.2) is 30.3 Å².